The fourth-order valence-electron chi connectivity index (χ4n) is 6.83. The van der Waals surface area contributed by atoms with Gasteiger partial charge in [0, 0.05) is 48.9 Å². The minimum atomic E-state index is -4.66. The second-order valence-corrected chi connectivity index (χ2v) is 14.3. The molecule has 0 bridgehead atoms. The second kappa shape index (κ2) is 15.8. The third kappa shape index (κ3) is 6.91. The van der Waals surface area contributed by atoms with Crippen LogP contribution in [0.25, 0.3) is 0 Å². The number of amides is 2. The van der Waals surface area contributed by atoms with Gasteiger partial charge >= 0.3 is 6.09 Å². The summed E-state index contributed by atoms with van der Waals surface area (Å²) < 4.78 is 52.3. The molecule has 3 heterocycles. The number of hydrogen-bond acceptors (Lipinski definition) is 10. The summed E-state index contributed by atoms with van der Waals surface area (Å²) in [5.41, 5.74) is -2.05. The number of ether oxygens (including phenoxy) is 4. The highest BCUT2D eigenvalue weighted by Crippen LogP contribution is 2.52. The van der Waals surface area contributed by atoms with Gasteiger partial charge in [-0.25, -0.2) is 13.2 Å². The predicted octanol–water partition coefficient (Wildman–Crippen LogP) is 5.04. The quantitative estimate of drug-likeness (QED) is 0.309. The van der Waals surface area contributed by atoms with Crippen LogP contribution in [0.1, 0.15) is 24.0 Å². The minimum Gasteiger partial charge on any atom is -0.497 e. The van der Waals surface area contributed by atoms with Crippen molar-refractivity contribution in [1.29, 1.82) is 0 Å². The summed E-state index contributed by atoms with van der Waals surface area (Å²) in [5.74, 6) is -0.482. The molecule has 1 atom stereocenters. The van der Waals surface area contributed by atoms with E-state index in [9.17, 15) is 18.0 Å². The SMILES string of the molecule is COc1ccc(S(=O)(=O)N2C(=O)C(OC(=O)N3CCN(C4CCN(C)CC4)CC3)(c3ccccc3OC)c3cc(Cl)ccc32)c(OC)c1.Cl.Cl. The van der Waals surface area contributed by atoms with Crippen LogP contribution in [-0.4, -0.2) is 109 Å². The van der Waals surface area contributed by atoms with E-state index in [1.807, 2.05) is 0 Å². The first-order valence-corrected chi connectivity index (χ1v) is 17.5. The van der Waals surface area contributed by atoms with E-state index in [4.69, 9.17) is 30.5 Å². The number of anilines is 1. The number of nitrogens with zero attached hydrogens (tertiary/aromatic N) is 4. The van der Waals surface area contributed by atoms with Gasteiger partial charge in [0.1, 0.15) is 22.1 Å². The van der Waals surface area contributed by atoms with Crippen molar-refractivity contribution >= 4 is 64.1 Å². The van der Waals surface area contributed by atoms with Gasteiger partial charge in [-0.1, -0.05) is 29.8 Å². The number of carbonyl (C=O) groups excluding carboxylic acids is 2. The fourth-order valence-corrected chi connectivity index (χ4v) is 8.60. The first-order valence-electron chi connectivity index (χ1n) is 15.7. The number of piperazine rings is 1. The average molecular weight is 772 g/mol. The number of benzene rings is 3. The summed E-state index contributed by atoms with van der Waals surface area (Å²) >= 11 is 6.50. The zero-order valence-corrected chi connectivity index (χ0v) is 31.4. The normalized spacial score (nSPS) is 20.0. The van der Waals surface area contributed by atoms with Crippen LogP contribution in [0.5, 0.6) is 17.2 Å². The fraction of sp³-hybridized carbons (Fsp3) is 0.412. The number of piperidine rings is 1. The number of para-hydroxylation sites is 1. The number of sulfonamides is 1. The maximum absolute atomic E-state index is 15.0. The van der Waals surface area contributed by atoms with Gasteiger partial charge in [0.2, 0.25) is 5.60 Å². The summed E-state index contributed by atoms with van der Waals surface area (Å²) in [7, 11) is 1.65. The number of halogens is 3. The molecule has 2 saturated heterocycles. The molecule has 3 aliphatic heterocycles. The molecule has 2 fully saturated rings. The van der Waals surface area contributed by atoms with Gasteiger partial charge in [-0.15, -0.1) is 24.8 Å². The topological polar surface area (TPSA) is 118 Å². The molecule has 2 amide bonds. The van der Waals surface area contributed by atoms with Crippen LogP contribution in [-0.2, 0) is 25.2 Å². The largest absolute Gasteiger partial charge is 0.497 e. The van der Waals surface area contributed by atoms with Gasteiger partial charge in [-0.3, -0.25) is 9.69 Å². The van der Waals surface area contributed by atoms with Gasteiger partial charge in [0.15, 0.2) is 0 Å². The van der Waals surface area contributed by atoms with E-state index >= 15 is 0 Å². The Morgan fingerprint density at radius 1 is 0.820 bits per heavy atom. The van der Waals surface area contributed by atoms with Gasteiger partial charge in [0.25, 0.3) is 15.9 Å². The Balaban J connectivity index is 0.00000281. The lowest BCUT2D eigenvalue weighted by Crippen LogP contribution is -2.55. The van der Waals surface area contributed by atoms with Crippen LogP contribution in [0.2, 0.25) is 5.02 Å². The van der Waals surface area contributed by atoms with E-state index < -0.39 is 27.6 Å². The third-order valence-corrected chi connectivity index (χ3v) is 11.4. The van der Waals surface area contributed by atoms with E-state index in [1.165, 1.54) is 57.7 Å². The smallest absolute Gasteiger partial charge is 0.411 e. The molecule has 50 heavy (non-hydrogen) atoms. The molecule has 12 nitrogen and oxygen atoms in total. The van der Waals surface area contributed by atoms with E-state index in [-0.39, 0.29) is 63.0 Å². The molecule has 0 saturated carbocycles. The number of hydrogen-bond donors (Lipinski definition) is 0. The van der Waals surface area contributed by atoms with E-state index in [0.29, 0.717) is 42.3 Å². The molecular weight excluding hydrogens is 731 g/mol. The van der Waals surface area contributed by atoms with Crippen LogP contribution < -0.4 is 18.5 Å². The Bertz CT molecular complexity index is 1820. The Morgan fingerprint density at radius 2 is 1.48 bits per heavy atom. The number of likely N-dealkylation sites (tertiary alicyclic amines) is 1. The molecule has 3 aromatic carbocycles. The Kier molecular flexibility index (Phi) is 12.5. The molecule has 0 radical (unpaired) electrons. The molecule has 16 heteroatoms. The summed E-state index contributed by atoms with van der Waals surface area (Å²) in [6.07, 6.45) is 1.37. The summed E-state index contributed by atoms with van der Waals surface area (Å²) in [4.78, 5) is 35.1. The number of rotatable bonds is 8. The van der Waals surface area contributed by atoms with Crippen LogP contribution in [0.4, 0.5) is 10.5 Å². The zero-order chi connectivity index (χ0) is 34.2. The van der Waals surface area contributed by atoms with E-state index in [0.717, 1.165) is 25.9 Å². The Labute approximate surface area is 310 Å². The van der Waals surface area contributed by atoms with E-state index in [2.05, 4.69) is 16.8 Å². The molecule has 3 aromatic rings. The number of fused-ring (bicyclic) bond motifs is 1. The van der Waals surface area contributed by atoms with Crippen molar-refractivity contribution < 1.29 is 37.0 Å². The number of methoxy groups -OCH3 is 3. The molecule has 6 rings (SSSR count). The third-order valence-electron chi connectivity index (χ3n) is 9.44. The highest BCUT2D eigenvalue weighted by atomic mass is 35.5. The van der Waals surface area contributed by atoms with Gasteiger partial charge in [-0.05, 0) is 69.4 Å². The molecule has 1 unspecified atom stereocenters. The van der Waals surface area contributed by atoms with Gasteiger partial charge in [0.05, 0.1) is 32.6 Å². The van der Waals surface area contributed by atoms with Crippen molar-refractivity contribution in [2.75, 3.05) is 72.0 Å². The van der Waals surface area contributed by atoms with Gasteiger partial charge < -0.3 is 28.7 Å². The highest BCUT2D eigenvalue weighted by Gasteiger charge is 2.61. The molecular formula is C34H41Cl3N4O8S. The standard InChI is InChI=1S/C34H39ClN4O8S.2ClH/c1-36-15-13-24(14-16-36)37-17-19-38(20-18-37)33(41)47-34(26-7-5-6-8-29(26)45-3)27-21-23(35)9-11-28(27)39(32(34)40)48(42,43)31-12-10-25(44-2)22-30(31)46-4;;/h5-12,21-22,24H,13-20H2,1-4H3;2*1H. The lowest BCUT2D eigenvalue weighted by Gasteiger charge is -2.42. The maximum Gasteiger partial charge on any atom is 0.411 e. The molecule has 0 N–H and O–H groups in total. The van der Waals surface area contributed by atoms with Crippen molar-refractivity contribution in [3.63, 3.8) is 0 Å². The molecule has 272 valence electrons. The minimum absolute atomic E-state index is 0. The lowest BCUT2D eigenvalue weighted by molar-refractivity contribution is -0.132. The van der Waals surface area contributed by atoms with Crippen LogP contribution in [0, 0.1) is 0 Å². The Morgan fingerprint density at radius 3 is 2.12 bits per heavy atom. The lowest BCUT2D eigenvalue weighted by atomic mass is 9.86. The van der Waals surface area contributed by atoms with Crippen LogP contribution >= 0.6 is 36.4 Å². The van der Waals surface area contributed by atoms with Crippen molar-refractivity contribution in [2.24, 2.45) is 0 Å². The predicted molar refractivity (Wildman–Crippen MR) is 194 cm³/mol. The summed E-state index contributed by atoms with van der Waals surface area (Å²) in [6.45, 7) is 4.13. The first-order chi connectivity index (χ1) is 23.0. The maximum atomic E-state index is 15.0. The van der Waals surface area contributed by atoms with Crippen LogP contribution in [0.15, 0.2) is 65.6 Å². The van der Waals surface area contributed by atoms with Crippen molar-refractivity contribution in [3.05, 3.63) is 76.8 Å². The average Bonchev–Trinajstić information content (AvgIpc) is 3.35. The zero-order valence-electron chi connectivity index (χ0n) is 28.2. The highest BCUT2D eigenvalue weighted by molar-refractivity contribution is 7.93. The molecule has 0 aliphatic carbocycles. The second-order valence-electron chi connectivity index (χ2n) is 12.1. The van der Waals surface area contributed by atoms with Crippen LogP contribution in [0.3, 0.4) is 0 Å². The molecule has 0 spiro atoms. The number of carbonyl (C=O) groups is 2. The Hall–Kier alpha value is -3.46. The first kappa shape index (κ1) is 39.3. The summed E-state index contributed by atoms with van der Waals surface area (Å²) in [5, 5.41) is 0.213. The molecule has 3 aliphatic rings. The van der Waals surface area contributed by atoms with Crippen molar-refractivity contribution in [2.45, 2.75) is 29.4 Å². The van der Waals surface area contributed by atoms with Crippen molar-refractivity contribution in [1.82, 2.24) is 14.7 Å². The monoisotopic (exact) mass is 770 g/mol. The molecule has 0 aromatic heterocycles. The van der Waals surface area contributed by atoms with Gasteiger partial charge in [-0.2, -0.15) is 4.31 Å². The van der Waals surface area contributed by atoms with E-state index in [1.54, 1.807) is 29.2 Å². The summed E-state index contributed by atoms with van der Waals surface area (Å²) in [6, 6.07) is 15.5. The van der Waals surface area contributed by atoms with Crippen molar-refractivity contribution in [3.8, 4) is 17.2 Å².